The lowest BCUT2D eigenvalue weighted by atomic mass is 10.1. The van der Waals surface area contributed by atoms with Crippen molar-refractivity contribution in [2.75, 3.05) is 18.6 Å². The molecule has 0 bridgehead atoms. The maximum atomic E-state index is 11.5. The van der Waals surface area contributed by atoms with Crippen LogP contribution in [0.4, 0.5) is 0 Å². The molecule has 100 valence electrons. The van der Waals surface area contributed by atoms with E-state index in [9.17, 15) is 8.42 Å². The van der Waals surface area contributed by atoms with Crippen molar-refractivity contribution in [3.05, 3.63) is 33.8 Å². The van der Waals surface area contributed by atoms with Gasteiger partial charge in [-0.05, 0) is 25.6 Å². The zero-order valence-corrected chi connectivity index (χ0v) is 12.4. The van der Waals surface area contributed by atoms with Crippen LogP contribution in [-0.2, 0) is 16.4 Å². The van der Waals surface area contributed by atoms with E-state index in [1.807, 2.05) is 11.9 Å². The third-order valence-corrected chi connectivity index (χ3v) is 5.76. The number of sulfone groups is 1. The molecule has 3 nitrogen and oxygen atoms in total. The van der Waals surface area contributed by atoms with Crippen LogP contribution in [-0.4, -0.2) is 37.9 Å². The van der Waals surface area contributed by atoms with E-state index in [-0.39, 0.29) is 17.5 Å². The molecule has 18 heavy (non-hydrogen) atoms. The summed E-state index contributed by atoms with van der Waals surface area (Å²) in [4.78, 5) is 2.01. The Labute approximate surface area is 118 Å². The Kier molecular flexibility index (Phi) is 4.22. The first-order valence-corrected chi connectivity index (χ1v) is 8.30. The van der Waals surface area contributed by atoms with Gasteiger partial charge in [0.05, 0.1) is 11.5 Å². The SMILES string of the molecule is CN(Cc1c(Cl)cccc1Cl)C1CCS(=O)(=O)C1. The van der Waals surface area contributed by atoms with Crippen LogP contribution in [0.15, 0.2) is 18.2 Å². The Morgan fingerprint density at radius 3 is 2.44 bits per heavy atom. The molecule has 1 fully saturated rings. The van der Waals surface area contributed by atoms with E-state index in [1.54, 1.807) is 18.2 Å². The topological polar surface area (TPSA) is 37.4 Å². The minimum atomic E-state index is -2.86. The van der Waals surface area contributed by atoms with Crippen molar-refractivity contribution in [1.82, 2.24) is 4.90 Å². The summed E-state index contributed by atoms with van der Waals surface area (Å²) in [5, 5.41) is 1.24. The molecule has 0 radical (unpaired) electrons. The summed E-state index contributed by atoms with van der Waals surface area (Å²) >= 11 is 12.2. The molecule has 0 aromatic heterocycles. The van der Waals surface area contributed by atoms with Gasteiger partial charge in [-0.25, -0.2) is 8.42 Å². The van der Waals surface area contributed by atoms with Gasteiger partial charge in [-0.2, -0.15) is 0 Å². The van der Waals surface area contributed by atoms with Gasteiger partial charge in [-0.3, -0.25) is 4.90 Å². The zero-order valence-electron chi connectivity index (χ0n) is 10.1. The molecule has 0 amide bonds. The number of rotatable bonds is 3. The maximum Gasteiger partial charge on any atom is 0.151 e. The highest BCUT2D eigenvalue weighted by Crippen LogP contribution is 2.27. The Morgan fingerprint density at radius 1 is 1.33 bits per heavy atom. The number of hydrogen-bond acceptors (Lipinski definition) is 3. The summed E-state index contributed by atoms with van der Waals surface area (Å²) in [7, 11) is -0.953. The van der Waals surface area contributed by atoms with Gasteiger partial charge in [0.25, 0.3) is 0 Å². The summed E-state index contributed by atoms with van der Waals surface area (Å²) in [5.41, 5.74) is 0.854. The molecule has 1 unspecified atom stereocenters. The van der Waals surface area contributed by atoms with Crippen molar-refractivity contribution in [2.24, 2.45) is 0 Å². The van der Waals surface area contributed by atoms with Crippen molar-refractivity contribution >= 4 is 33.0 Å². The summed E-state index contributed by atoms with van der Waals surface area (Å²) < 4.78 is 22.9. The standard InChI is InChI=1S/C12H15Cl2NO2S/c1-15(9-5-6-18(16,17)8-9)7-10-11(13)3-2-4-12(10)14/h2-4,9H,5-8H2,1H3. The minimum absolute atomic E-state index is 0.0577. The summed E-state index contributed by atoms with van der Waals surface area (Å²) in [6.45, 7) is 0.568. The maximum absolute atomic E-state index is 11.5. The lowest BCUT2D eigenvalue weighted by molar-refractivity contribution is 0.254. The molecule has 6 heteroatoms. The Bertz CT molecular complexity index is 525. The van der Waals surface area contributed by atoms with Gasteiger partial charge < -0.3 is 0 Å². The number of nitrogens with zero attached hydrogens (tertiary/aromatic N) is 1. The Morgan fingerprint density at radius 2 is 1.94 bits per heavy atom. The van der Waals surface area contributed by atoms with Crippen LogP contribution in [0.3, 0.4) is 0 Å². The first kappa shape index (κ1) is 14.1. The van der Waals surface area contributed by atoms with Crippen LogP contribution in [0.5, 0.6) is 0 Å². The van der Waals surface area contributed by atoms with Crippen molar-refractivity contribution in [3.8, 4) is 0 Å². The van der Waals surface area contributed by atoms with E-state index in [2.05, 4.69) is 0 Å². The highest BCUT2D eigenvalue weighted by molar-refractivity contribution is 7.91. The smallest absolute Gasteiger partial charge is 0.151 e. The fourth-order valence-corrected chi connectivity index (χ4v) is 4.51. The normalized spacial score (nSPS) is 22.6. The molecular formula is C12H15Cl2NO2S. The largest absolute Gasteiger partial charge is 0.298 e. The molecule has 0 saturated carbocycles. The number of halogens is 2. The summed E-state index contributed by atoms with van der Waals surface area (Å²) in [6, 6.07) is 5.44. The lowest BCUT2D eigenvalue weighted by Crippen LogP contribution is -2.32. The lowest BCUT2D eigenvalue weighted by Gasteiger charge is -2.24. The second kappa shape index (κ2) is 5.37. The first-order chi connectivity index (χ1) is 8.39. The van der Waals surface area contributed by atoms with E-state index in [0.717, 1.165) is 5.56 Å². The Balaban J connectivity index is 2.10. The van der Waals surface area contributed by atoms with Gasteiger partial charge in [-0.15, -0.1) is 0 Å². The Hall–Kier alpha value is -0.290. The minimum Gasteiger partial charge on any atom is -0.298 e. The molecule has 0 N–H and O–H groups in total. The highest BCUT2D eigenvalue weighted by Gasteiger charge is 2.30. The highest BCUT2D eigenvalue weighted by atomic mass is 35.5. The third kappa shape index (κ3) is 3.18. The van der Waals surface area contributed by atoms with E-state index in [0.29, 0.717) is 23.0 Å². The molecule has 1 heterocycles. The predicted molar refractivity (Wildman–Crippen MR) is 75.0 cm³/mol. The second-order valence-electron chi connectivity index (χ2n) is 4.67. The van der Waals surface area contributed by atoms with Crippen LogP contribution < -0.4 is 0 Å². The van der Waals surface area contributed by atoms with Gasteiger partial charge in [-0.1, -0.05) is 29.3 Å². The second-order valence-corrected chi connectivity index (χ2v) is 7.72. The molecule has 1 aliphatic rings. The monoisotopic (exact) mass is 307 g/mol. The molecule has 1 aromatic rings. The predicted octanol–water partition coefficient (Wildman–Crippen LogP) is 2.61. The average Bonchev–Trinajstić information content (AvgIpc) is 2.64. The van der Waals surface area contributed by atoms with E-state index in [4.69, 9.17) is 23.2 Å². The fourth-order valence-electron chi connectivity index (χ4n) is 2.18. The van der Waals surface area contributed by atoms with Gasteiger partial charge in [0, 0.05) is 28.2 Å². The molecular weight excluding hydrogens is 293 g/mol. The molecule has 1 atom stereocenters. The van der Waals surface area contributed by atoms with Gasteiger partial charge >= 0.3 is 0 Å². The van der Waals surface area contributed by atoms with Crippen molar-refractivity contribution in [2.45, 2.75) is 19.0 Å². The summed E-state index contributed by atoms with van der Waals surface area (Å²) in [5.74, 6) is 0.504. The van der Waals surface area contributed by atoms with E-state index < -0.39 is 9.84 Å². The van der Waals surface area contributed by atoms with Gasteiger partial charge in [0.15, 0.2) is 9.84 Å². The van der Waals surface area contributed by atoms with Crippen LogP contribution >= 0.6 is 23.2 Å². The molecule has 1 aliphatic heterocycles. The number of hydrogen-bond donors (Lipinski definition) is 0. The average molecular weight is 308 g/mol. The van der Waals surface area contributed by atoms with Crippen molar-refractivity contribution < 1.29 is 8.42 Å². The summed E-state index contributed by atoms with van der Waals surface area (Å²) in [6.07, 6.45) is 0.681. The molecule has 0 aliphatic carbocycles. The van der Waals surface area contributed by atoms with Crippen LogP contribution in [0.25, 0.3) is 0 Å². The van der Waals surface area contributed by atoms with Gasteiger partial charge in [0.1, 0.15) is 0 Å². The van der Waals surface area contributed by atoms with Crippen LogP contribution in [0.2, 0.25) is 10.0 Å². The van der Waals surface area contributed by atoms with Crippen LogP contribution in [0, 0.1) is 0 Å². The van der Waals surface area contributed by atoms with E-state index in [1.165, 1.54) is 0 Å². The quantitative estimate of drug-likeness (QED) is 0.861. The van der Waals surface area contributed by atoms with E-state index >= 15 is 0 Å². The van der Waals surface area contributed by atoms with Gasteiger partial charge in [0.2, 0.25) is 0 Å². The first-order valence-electron chi connectivity index (χ1n) is 5.72. The van der Waals surface area contributed by atoms with Crippen LogP contribution in [0.1, 0.15) is 12.0 Å². The molecule has 0 spiro atoms. The molecule has 2 rings (SSSR count). The molecule has 1 saturated heterocycles. The van der Waals surface area contributed by atoms with Crippen molar-refractivity contribution in [3.63, 3.8) is 0 Å². The molecule has 1 aromatic carbocycles. The van der Waals surface area contributed by atoms with Crippen molar-refractivity contribution in [1.29, 1.82) is 0 Å². The zero-order chi connectivity index (χ0) is 13.3. The third-order valence-electron chi connectivity index (χ3n) is 3.30. The fraction of sp³-hybridized carbons (Fsp3) is 0.500. The number of benzene rings is 1.